The van der Waals surface area contributed by atoms with E-state index in [-0.39, 0.29) is 17.5 Å². The van der Waals surface area contributed by atoms with Crippen LogP contribution in [0.15, 0.2) is 54.9 Å². The van der Waals surface area contributed by atoms with Gasteiger partial charge in [-0.2, -0.15) is 0 Å². The van der Waals surface area contributed by atoms with Crippen molar-refractivity contribution in [2.24, 2.45) is 0 Å². The molecule has 1 aromatic carbocycles. The van der Waals surface area contributed by atoms with E-state index in [2.05, 4.69) is 41.5 Å². The quantitative estimate of drug-likeness (QED) is 0.684. The number of furan rings is 1. The summed E-state index contributed by atoms with van der Waals surface area (Å²) < 4.78 is 34.9. The van der Waals surface area contributed by atoms with E-state index in [1.807, 2.05) is 12.1 Å². The van der Waals surface area contributed by atoms with Crippen molar-refractivity contribution in [3.05, 3.63) is 51.3 Å². The van der Waals surface area contributed by atoms with Gasteiger partial charge in [0.25, 0.3) is 0 Å². The average molecular weight is 478 g/mol. The Morgan fingerprint density at radius 3 is 2.62 bits per heavy atom. The Bertz CT molecular complexity index is 788. The van der Waals surface area contributed by atoms with Crippen molar-refractivity contribution in [2.45, 2.75) is 23.8 Å². The zero-order chi connectivity index (χ0) is 17.2. The van der Waals surface area contributed by atoms with Gasteiger partial charge in [0.2, 0.25) is 10.0 Å². The number of hydrogen-bond donors (Lipinski definition) is 1. The molecule has 130 valence electrons. The predicted molar refractivity (Wildman–Crippen MR) is 99.3 cm³/mol. The second-order valence-corrected chi connectivity index (χ2v) is 9.21. The van der Waals surface area contributed by atoms with Crippen LogP contribution < -0.4 is 4.72 Å². The van der Waals surface area contributed by atoms with Gasteiger partial charge in [0.05, 0.1) is 17.2 Å². The third-order valence-corrected chi connectivity index (χ3v) is 7.01. The van der Waals surface area contributed by atoms with Gasteiger partial charge < -0.3 is 4.42 Å². The first-order chi connectivity index (χ1) is 11.5. The fraction of sp³-hybridized carbons (Fsp3) is 0.375. The van der Waals surface area contributed by atoms with Crippen LogP contribution >= 0.6 is 31.9 Å². The lowest BCUT2D eigenvalue weighted by Crippen LogP contribution is -2.36. The highest BCUT2D eigenvalue weighted by Crippen LogP contribution is 2.28. The molecule has 1 atom stereocenters. The lowest BCUT2D eigenvalue weighted by molar-refractivity contribution is 0.216. The number of hydrogen-bond acceptors (Lipinski definition) is 4. The van der Waals surface area contributed by atoms with E-state index >= 15 is 0 Å². The summed E-state index contributed by atoms with van der Waals surface area (Å²) in [5.74, 6) is 0.785. The summed E-state index contributed by atoms with van der Waals surface area (Å²) in [5.41, 5.74) is 0. The zero-order valence-electron chi connectivity index (χ0n) is 12.9. The Hall–Kier alpha value is -0.670. The van der Waals surface area contributed by atoms with Crippen LogP contribution in [0.3, 0.4) is 0 Å². The van der Waals surface area contributed by atoms with Gasteiger partial charge in [-0.1, -0.05) is 15.9 Å². The van der Waals surface area contributed by atoms with Crippen LogP contribution in [-0.4, -0.2) is 33.0 Å². The Morgan fingerprint density at radius 1 is 1.21 bits per heavy atom. The maximum atomic E-state index is 12.7. The van der Waals surface area contributed by atoms with Gasteiger partial charge in [0.15, 0.2) is 0 Å². The molecule has 0 bridgehead atoms. The average Bonchev–Trinajstić information content (AvgIpc) is 3.23. The summed E-state index contributed by atoms with van der Waals surface area (Å²) in [6.45, 7) is 2.18. The molecule has 0 saturated carbocycles. The van der Waals surface area contributed by atoms with Crippen molar-refractivity contribution in [3.8, 4) is 0 Å². The molecule has 0 aliphatic carbocycles. The van der Waals surface area contributed by atoms with Crippen LogP contribution in [0.5, 0.6) is 0 Å². The predicted octanol–water partition coefficient (Wildman–Crippen LogP) is 3.92. The maximum absolute atomic E-state index is 12.7. The topological polar surface area (TPSA) is 62.6 Å². The first-order valence-electron chi connectivity index (χ1n) is 7.69. The molecule has 0 radical (unpaired) electrons. The SMILES string of the molecule is O=S(=O)(NCC(c1ccco1)N1CCCC1)c1cc(Br)ccc1Br. The molecular formula is C16H18Br2N2O3S. The molecule has 1 aliphatic heterocycles. The van der Waals surface area contributed by atoms with E-state index in [9.17, 15) is 8.42 Å². The van der Waals surface area contributed by atoms with Crippen molar-refractivity contribution in [1.82, 2.24) is 9.62 Å². The first-order valence-corrected chi connectivity index (χ1v) is 10.8. The summed E-state index contributed by atoms with van der Waals surface area (Å²) in [6, 6.07) is 8.72. The molecule has 1 aliphatic rings. The summed E-state index contributed by atoms with van der Waals surface area (Å²) in [7, 11) is -3.62. The molecule has 24 heavy (non-hydrogen) atoms. The minimum Gasteiger partial charge on any atom is -0.468 e. The molecule has 1 unspecified atom stereocenters. The Morgan fingerprint density at radius 2 is 1.96 bits per heavy atom. The van der Waals surface area contributed by atoms with Crippen LogP contribution in [0.2, 0.25) is 0 Å². The highest BCUT2D eigenvalue weighted by Gasteiger charge is 2.28. The summed E-state index contributed by atoms with van der Waals surface area (Å²) in [4.78, 5) is 2.48. The standard InChI is InChI=1S/C16H18Br2N2O3S/c17-12-5-6-13(18)16(10-12)24(21,22)19-11-14(15-4-3-9-23-15)20-7-1-2-8-20/h3-6,9-10,14,19H,1-2,7-8,11H2. The molecule has 2 heterocycles. The number of nitrogens with zero attached hydrogens (tertiary/aromatic N) is 1. The summed E-state index contributed by atoms with van der Waals surface area (Å²) in [5, 5.41) is 0. The Kier molecular flexibility index (Phi) is 5.82. The molecule has 0 amide bonds. The van der Waals surface area contributed by atoms with Gasteiger partial charge in [-0.3, -0.25) is 4.90 Å². The molecule has 1 fully saturated rings. The molecular weight excluding hydrogens is 460 g/mol. The monoisotopic (exact) mass is 476 g/mol. The third-order valence-electron chi connectivity index (χ3n) is 4.10. The van der Waals surface area contributed by atoms with Crippen LogP contribution in [0.25, 0.3) is 0 Å². The molecule has 1 saturated heterocycles. The minimum absolute atomic E-state index is 0.0943. The number of rotatable bonds is 6. The Labute approximate surface area is 158 Å². The summed E-state index contributed by atoms with van der Waals surface area (Å²) in [6.07, 6.45) is 3.88. The second kappa shape index (κ2) is 7.70. The molecule has 1 N–H and O–H groups in total. The van der Waals surface area contributed by atoms with Gasteiger partial charge in [-0.05, 0) is 72.2 Å². The van der Waals surface area contributed by atoms with E-state index in [0.29, 0.717) is 8.95 Å². The lowest BCUT2D eigenvalue weighted by Gasteiger charge is -2.26. The molecule has 1 aromatic heterocycles. The number of benzene rings is 1. The zero-order valence-corrected chi connectivity index (χ0v) is 16.9. The minimum atomic E-state index is -3.62. The smallest absolute Gasteiger partial charge is 0.241 e. The van der Waals surface area contributed by atoms with Crippen molar-refractivity contribution < 1.29 is 12.8 Å². The van der Waals surface area contributed by atoms with Crippen LogP contribution in [-0.2, 0) is 10.0 Å². The lowest BCUT2D eigenvalue weighted by atomic mass is 10.2. The van der Waals surface area contributed by atoms with E-state index in [1.54, 1.807) is 24.5 Å². The van der Waals surface area contributed by atoms with E-state index in [0.717, 1.165) is 31.7 Å². The fourth-order valence-corrected chi connectivity index (χ4v) is 5.43. The number of nitrogens with one attached hydrogen (secondary N) is 1. The number of likely N-dealkylation sites (tertiary alicyclic amines) is 1. The third kappa shape index (κ3) is 4.11. The van der Waals surface area contributed by atoms with Crippen molar-refractivity contribution >= 4 is 41.9 Å². The maximum Gasteiger partial charge on any atom is 0.241 e. The molecule has 8 heteroatoms. The highest BCUT2D eigenvalue weighted by atomic mass is 79.9. The summed E-state index contributed by atoms with van der Waals surface area (Å²) >= 11 is 6.63. The largest absolute Gasteiger partial charge is 0.468 e. The number of halogens is 2. The van der Waals surface area contributed by atoms with Crippen LogP contribution in [0.1, 0.15) is 24.6 Å². The molecule has 2 aromatic rings. The van der Waals surface area contributed by atoms with Gasteiger partial charge in [0, 0.05) is 15.5 Å². The van der Waals surface area contributed by atoms with E-state index < -0.39 is 10.0 Å². The van der Waals surface area contributed by atoms with Gasteiger partial charge in [-0.25, -0.2) is 13.1 Å². The molecule has 0 spiro atoms. The molecule has 5 nitrogen and oxygen atoms in total. The fourth-order valence-electron chi connectivity index (χ4n) is 2.89. The van der Waals surface area contributed by atoms with Crippen molar-refractivity contribution in [3.63, 3.8) is 0 Å². The van der Waals surface area contributed by atoms with Crippen molar-refractivity contribution in [1.29, 1.82) is 0 Å². The van der Waals surface area contributed by atoms with Crippen molar-refractivity contribution in [2.75, 3.05) is 19.6 Å². The van der Waals surface area contributed by atoms with Crippen LogP contribution in [0, 0.1) is 0 Å². The van der Waals surface area contributed by atoms with Gasteiger partial charge >= 0.3 is 0 Å². The number of sulfonamides is 1. The van der Waals surface area contributed by atoms with Crippen LogP contribution in [0.4, 0.5) is 0 Å². The highest BCUT2D eigenvalue weighted by molar-refractivity contribution is 9.11. The van der Waals surface area contributed by atoms with E-state index in [1.165, 1.54) is 0 Å². The Balaban J connectivity index is 1.79. The molecule has 3 rings (SSSR count). The van der Waals surface area contributed by atoms with Gasteiger partial charge in [-0.15, -0.1) is 0 Å². The first kappa shape index (κ1) is 18.1. The van der Waals surface area contributed by atoms with Gasteiger partial charge in [0.1, 0.15) is 5.76 Å². The normalized spacial score (nSPS) is 17.2. The second-order valence-electron chi connectivity index (χ2n) is 5.70. The van der Waals surface area contributed by atoms with E-state index in [4.69, 9.17) is 4.42 Å².